The minimum Gasteiger partial charge on any atom is -0.397 e. The minimum atomic E-state index is -3.68. The average Bonchev–Trinajstić information content (AvgIpc) is 2.45. The lowest BCUT2D eigenvalue weighted by molar-refractivity contribution is 0.591. The molecule has 0 heterocycles. The van der Waals surface area contributed by atoms with Crippen LogP contribution in [0, 0.1) is 13.8 Å². The van der Waals surface area contributed by atoms with Crippen molar-refractivity contribution in [3.05, 3.63) is 53.6 Å². The quantitative estimate of drug-likeness (QED) is 0.883. The zero-order valence-corrected chi connectivity index (χ0v) is 13.3. The molecule has 4 nitrogen and oxygen atoms in total. The van der Waals surface area contributed by atoms with Crippen molar-refractivity contribution in [3.8, 4) is 0 Å². The van der Waals surface area contributed by atoms with Gasteiger partial charge in [0.05, 0.1) is 11.4 Å². The highest BCUT2D eigenvalue weighted by Crippen LogP contribution is 2.31. The summed E-state index contributed by atoms with van der Waals surface area (Å²) in [6.45, 7) is 5.74. The lowest BCUT2D eigenvalue weighted by Gasteiger charge is -2.25. The van der Waals surface area contributed by atoms with Gasteiger partial charge in [-0.1, -0.05) is 30.3 Å². The third kappa shape index (κ3) is 2.74. The topological polar surface area (TPSA) is 63.4 Å². The Hall–Kier alpha value is -2.01. The van der Waals surface area contributed by atoms with Crippen molar-refractivity contribution >= 4 is 21.4 Å². The summed E-state index contributed by atoms with van der Waals surface area (Å²) in [5, 5.41) is 0. The van der Waals surface area contributed by atoms with Crippen LogP contribution in [0.2, 0.25) is 0 Å². The molecule has 0 fully saturated rings. The maximum atomic E-state index is 13.0. The number of rotatable bonds is 4. The molecule has 0 saturated carbocycles. The second-order valence-corrected chi connectivity index (χ2v) is 6.75. The van der Waals surface area contributed by atoms with Crippen molar-refractivity contribution in [1.29, 1.82) is 0 Å². The Balaban J connectivity index is 2.64. The summed E-state index contributed by atoms with van der Waals surface area (Å²) in [7, 11) is -3.68. The highest BCUT2D eigenvalue weighted by atomic mass is 32.2. The Morgan fingerprint density at radius 3 is 2.14 bits per heavy atom. The number of nitrogen functional groups attached to an aromatic ring is 1. The summed E-state index contributed by atoms with van der Waals surface area (Å²) in [6.07, 6.45) is 0. The number of para-hydroxylation sites is 1. The van der Waals surface area contributed by atoms with Gasteiger partial charge >= 0.3 is 0 Å². The van der Waals surface area contributed by atoms with E-state index in [4.69, 9.17) is 5.73 Å². The van der Waals surface area contributed by atoms with Crippen molar-refractivity contribution in [2.75, 3.05) is 16.6 Å². The largest absolute Gasteiger partial charge is 0.397 e. The van der Waals surface area contributed by atoms with E-state index in [9.17, 15) is 8.42 Å². The second kappa shape index (κ2) is 5.77. The highest BCUT2D eigenvalue weighted by Gasteiger charge is 2.28. The maximum absolute atomic E-state index is 13.0. The van der Waals surface area contributed by atoms with Gasteiger partial charge in [0.1, 0.15) is 4.90 Å². The second-order valence-electron chi connectivity index (χ2n) is 4.95. The Kier molecular flexibility index (Phi) is 4.23. The number of anilines is 2. The van der Waals surface area contributed by atoms with Gasteiger partial charge in [0.2, 0.25) is 0 Å². The van der Waals surface area contributed by atoms with Crippen molar-refractivity contribution in [2.24, 2.45) is 0 Å². The van der Waals surface area contributed by atoms with E-state index in [2.05, 4.69) is 0 Å². The van der Waals surface area contributed by atoms with Gasteiger partial charge in [-0.25, -0.2) is 8.42 Å². The number of nitrogens with two attached hydrogens (primary N) is 1. The van der Waals surface area contributed by atoms with Crippen LogP contribution in [0.3, 0.4) is 0 Å². The standard InChI is InChI=1S/C16H20N2O2S/c1-4-18(14-8-6-5-7-9-14)21(19,20)16-13(3)11-10-12(2)15(16)17/h5-11H,4,17H2,1-3H3. The van der Waals surface area contributed by atoms with Crippen molar-refractivity contribution in [3.63, 3.8) is 0 Å². The highest BCUT2D eigenvalue weighted by molar-refractivity contribution is 7.93. The van der Waals surface area contributed by atoms with Crippen LogP contribution in [0.1, 0.15) is 18.1 Å². The molecule has 0 amide bonds. The number of hydrogen-bond acceptors (Lipinski definition) is 3. The third-order valence-electron chi connectivity index (χ3n) is 3.49. The molecule has 0 aromatic heterocycles. The first kappa shape index (κ1) is 15.4. The molecule has 0 spiro atoms. The van der Waals surface area contributed by atoms with Crippen LogP contribution in [-0.4, -0.2) is 15.0 Å². The molecule has 21 heavy (non-hydrogen) atoms. The van der Waals surface area contributed by atoms with Gasteiger partial charge in [-0.3, -0.25) is 4.31 Å². The van der Waals surface area contributed by atoms with Gasteiger partial charge in [0.15, 0.2) is 0 Å². The fourth-order valence-electron chi connectivity index (χ4n) is 2.35. The molecule has 0 unspecified atom stereocenters. The maximum Gasteiger partial charge on any atom is 0.266 e. The van der Waals surface area contributed by atoms with Crippen LogP contribution in [0.4, 0.5) is 11.4 Å². The molecule has 0 aliphatic carbocycles. The molecule has 2 aromatic rings. The van der Waals surface area contributed by atoms with Crippen LogP contribution >= 0.6 is 0 Å². The van der Waals surface area contributed by atoms with Crippen LogP contribution < -0.4 is 10.0 Å². The van der Waals surface area contributed by atoms with Crippen LogP contribution in [0.5, 0.6) is 0 Å². The molecular formula is C16H20N2O2S. The Labute approximate surface area is 126 Å². The Morgan fingerprint density at radius 1 is 1.00 bits per heavy atom. The molecule has 0 aliphatic rings. The summed E-state index contributed by atoms with van der Waals surface area (Å²) in [6, 6.07) is 12.7. The predicted octanol–water partition coefficient (Wildman–Crippen LogP) is 3.10. The molecule has 2 aromatic carbocycles. The van der Waals surface area contributed by atoms with Gasteiger partial charge in [-0.2, -0.15) is 0 Å². The molecule has 0 bridgehead atoms. The number of benzene rings is 2. The van der Waals surface area contributed by atoms with E-state index in [1.807, 2.05) is 38.1 Å². The molecular weight excluding hydrogens is 284 g/mol. The van der Waals surface area contributed by atoms with Crippen molar-refractivity contribution < 1.29 is 8.42 Å². The van der Waals surface area contributed by atoms with Gasteiger partial charge < -0.3 is 5.73 Å². The van der Waals surface area contributed by atoms with Crippen LogP contribution in [0.15, 0.2) is 47.4 Å². The number of aryl methyl sites for hydroxylation is 2. The van der Waals surface area contributed by atoms with Crippen molar-refractivity contribution in [1.82, 2.24) is 0 Å². The van der Waals surface area contributed by atoms with Crippen LogP contribution in [0.25, 0.3) is 0 Å². The monoisotopic (exact) mass is 304 g/mol. The first-order valence-corrected chi connectivity index (χ1v) is 8.27. The van der Waals surface area contributed by atoms with Gasteiger partial charge in [-0.05, 0) is 44.0 Å². The SMILES string of the molecule is CCN(c1ccccc1)S(=O)(=O)c1c(C)ccc(C)c1N. The Morgan fingerprint density at radius 2 is 1.57 bits per heavy atom. The van der Waals surface area contributed by atoms with Gasteiger partial charge in [0, 0.05) is 6.54 Å². The molecule has 112 valence electrons. The normalized spacial score (nSPS) is 11.4. The summed E-state index contributed by atoms with van der Waals surface area (Å²) < 4.78 is 27.4. The zero-order chi connectivity index (χ0) is 15.6. The van der Waals surface area contributed by atoms with Crippen LogP contribution in [-0.2, 0) is 10.0 Å². The lowest BCUT2D eigenvalue weighted by Crippen LogP contribution is -2.32. The summed E-state index contributed by atoms with van der Waals surface area (Å²) in [4.78, 5) is 0.202. The molecule has 0 atom stereocenters. The average molecular weight is 304 g/mol. The summed E-state index contributed by atoms with van der Waals surface area (Å²) in [5.41, 5.74) is 8.42. The van der Waals surface area contributed by atoms with Crippen molar-refractivity contribution in [2.45, 2.75) is 25.7 Å². The smallest absolute Gasteiger partial charge is 0.266 e. The van der Waals surface area contributed by atoms with Gasteiger partial charge in [0.25, 0.3) is 10.0 Å². The van der Waals surface area contributed by atoms with E-state index in [0.717, 1.165) is 5.56 Å². The molecule has 2 N–H and O–H groups in total. The van der Waals surface area contributed by atoms with Gasteiger partial charge in [-0.15, -0.1) is 0 Å². The van der Waals surface area contributed by atoms with E-state index >= 15 is 0 Å². The Bertz CT molecular complexity index is 740. The van der Waals surface area contributed by atoms with E-state index in [-0.39, 0.29) is 4.90 Å². The summed E-state index contributed by atoms with van der Waals surface area (Å²) >= 11 is 0. The van der Waals surface area contributed by atoms with E-state index < -0.39 is 10.0 Å². The third-order valence-corrected chi connectivity index (χ3v) is 5.60. The number of sulfonamides is 1. The minimum absolute atomic E-state index is 0.202. The lowest BCUT2D eigenvalue weighted by atomic mass is 10.1. The molecule has 2 rings (SSSR count). The number of hydrogen-bond donors (Lipinski definition) is 1. The summed E-state index contributed by atoms with van der Waals surface area (Å²) in [5.74, 6) is 0. The first-order chi connectivity index (χ1) is 9.89. The van der Waals surface area contributed by atoms with E-state index in [0.29, 0.717) is 23.5 Å². The molecule has 0 radical (unpaired) electrons. The fourth-order valence-corrected chi connectivity index (χ4v) is 4.22. The van der Waals surface area contributed by atoms with E-state index in [1.54, 1.807) is 25.1 Å². The molecule has 0 saturated heterocycles. The molecule has 5 heteroatoms. The van der Waals surface area contributed by atoms with E-state index in [1.165, 1.54) is 4.31 Å². The fraction of sp³-hybridized carbons (Fsp3) is 0.250. The first-order valence-electron chi connectivity index (χ1n) is 6.83. The predicted molar refractivity (Wildman–Crippen MR) is 87.0 cm³/mol. The zero-order valence-electron chi connectivity index (χ0n) is 12.5. The number of nitrogens with zero attached hydrogens (tertiary/aromatic N) is 1. The molecule has 0 aliphatic heterocycles.